The topological polar surface area (TPSA) is 55.1 Å². The van der Waals surface area contributed by atoms with E-state index in [0.717, 1.165) is 18.1 Å². The molecule has 4 heteroatoms. The van der Waals surface area contributed by atoms with Gasteiger partial charge in [0.1, 0.15) is 0 Å². The van der Waals surface area contributed by atoms with Crippen molar-refractivity contribution in [2.75, 3.05) is 5.75 Å². The molecule has 0 spiro atoms. The molecular formula is C10H20N2OS. The highest BCUT2D eigenvalue weighted by Crippen LogP contribution is 2.29. The molecule has 0 saturated heterocycles. The number of amides is 1. The number of hydrogen-bond donors (Lipinski definition) is 2. The quantitative estimate of drug-likeness (QED) is 0.308. The summed E-state index contributed by atoms with van der Waals surface area (Å²) in [6, 6.07) is 0. The van der Waals surface area contributed by atoms with E-state index in [0.29, 0.717) is 6.42 Å². The minimum atomic E-state index is -0.0455. The van der Waals surface area contributed by atoms with Crippen molar-refractivity contribution in [2.24, 2.45) is 5.84 Å². The Bertz CT molecular complexity index is 170. The molecule has 1 aliphatic carbocycles. The number of nitrogens with two attached hydrogens (primary N) is 1. The summed E-state index contributed by atoms with van der Waals surface area (Å²) in [5.41, 5.74) is 2.15. The predicted molar refractivity (Wildman–Crippen MR) is 60.9 cm³/mol. The molecule has 1 rings (SSSR count). The van der Waals surface area contributed by atoms with E-state index in [9.17, 15) is 4.79 Å². The third-order valence-corrected chi connectivity index (χ3v) is 4.08. The number of hydrogen-bond acceptors (Lipinski definition) is 3. The van der Waals surface area contributed by atoms with Gasteiger partial charge < -0.3 is 0 Å². The van der Waals surface area contributed by atoms with Gasteiger partial charge in [0.25, 0.3) is 0 Å². The Kier molecular flexibility index (Phi) is 6.03. The number of carbonyl (C=O) groups is 1. The lowest BCUT2D eigenvalue weighted by Gasteiger charge is -2.07. The molecule has 1 fully saturated rings. The standard InChI is InChI=1S/C10H20N2OS/c11-12-10(13)7-3-4-8-14-9-5-1-2-6-9/h9H,1-8,11H2,(H,12,13). The zero-order chi connectivity index (χ0) is 10.2. The van der Waals surface area contributed by atoms with Crippen molar-refractivity contribution in [3.05, 3.63) is 0 Å². The van der Waals surface area contributed by atoms with Gasteiger partial charge in [-0.25, -0.2) is 5.84 Å². The van der Waals surface area contributed by atoms with Gasteiger partial charge in [0.2, 0.25) is 5.91 Å². The van der Waals surface area contributed by atoms with Crippen molar-refractivity contribution in [1.29, 1.82) is 0 Å². The van der Waals surface area contributed by atoms with Crippen molar-refractivity contribution in [1.82, 2.24) is 5.43 Å². The maximum Gasteiger partial charge on any atom is 0.233 e. The van der Waals surface area contributed by atoms with Gasteiger partial charge in [-0.15, -0.1) is 0 Å². The van der Waals surface area contributed by atoms with Gasteiger partial charge in [-0.1, -0.05) is 12.8 Å². The molecular weight excluding hydrogens is 196 g/mol. The Morgan fingerprint density at radius 1 is 1.36 bits per heavy atom. The lowest BCUT2D eigenvalue weighted by Crippen LogP contribution is -2.29. The molecule has 14 heavy (non-hydrogen) atoms. The lowest BCUT2D eigenvalue weighted by atomic mass is 10.2. The van der Waals surface area contributed by atoms with E-state index < -0.39 is 0 Å². The molecule has 0 aromatic heterocycles. The van der Waals surface area contributed by atoms with Crippen LogP contribution in [0, 0.1) is 0 Å². The van der Waals surface area contributed by atoms with E-state index in [4.69, 9.17) is 5.84 Å². The molecule has 0 unspecified atom stereocenters. The normalized spacial score (nSPS) is 17.2. The average Bonchev–Trinajstić information content (AvgIpc) is 2.69. The van der Waals surface area contributed by atoms with Crippen molar-refractivity contribution < 1.29 is 4.79 Å². The minimum absolute atomic E-state index is 0.0455. The molecule has 1 aliphatic rings. The first-order valence-corrected chi connectivity index (χ1v) is 6.49. The van der Waals surface area contributed by atoms with E-state index >= 15 is 0 Å². The van der Waals surface area contributed by atoms with Crippen LogP contribution in [0.4, 0.5) is 0 Å². The van der Waals surface area contributed by atoms with Crippen LogP contribution in [0.15, 0.2) is 0 Å². The molecule has 0 radical (unpaired) electrons. The first-order valence-electron chi connectivity index (χ1n) is 5.44. The molecule has 0 atom stereocenters. The van der Waals surface area contributed by atoms with Crippen LogP contribution < -0.4 is 11.3 Å². The van der Waals surface area contributed by atoms with E-state index in [1.807, 2.05) is 0 Å². The molecule has 1 amide bonds. The fourth-order valence-electron chi connectivity index (χ4n) is 1.76. The van der Waals surface area contributed by atoms with Gasteiger partial charge in [-0.3, -0.25) is 10.2 Å². The highest BCUT2D eigenvalue weighted by molar-refractivity contribution is 7.99. The lowest BCUT2D eigenvalue weighted by molar-refractivity contribution is -0.121. The minimum Gasteiger partial charge on any atom is -0.294 e. The Morgan fingerprint density at radius 3 is 2.71 bits per heavy atom. The van der Waals surface area contributed by atoms with Gasteiger partial charge >= 0.3 is 0 Å². The summed E-state index contributed by atoms with van der Waals surface area (Å²) in [7, 11) is 0. The summed E-state index contributed by atoms with van der Waals surface area (Å²) in [6.45, 7) is 0. The SMILES string of the molecule is NNC(=O)CCCCSC1CCCC1. The molecule has 0 aliphatic heterocycles. The monoisotopic (exact) mass is 216 g/mol. The van der Waals surface area contributed by atoms with Gasteiger partial charge in [0.05, 0.1) is 0 Å². The van der Waals surface area contributed by atoms with Crippen molar-refractivity contribution >= 4 is 17.7 Å². The summed E-state index contributed by atoms with van der Waals surface area (Å²) < 4.78 is 0. The fraction of sp³-hybridized carbons (Fsp3) is 0.900. The zero-order valence-electron chi connectivity index (χ0n) is 8.63. The first-order chi connectivity index (χ1) is 6.83. The van der Waals surface area contributed by atoms with Crippen molar-refractivity contribution in [2.45, 2.75) is 50.2 Å². The van der Waals surface area contributed by atoms with Gasteiger partial charge in [-0.05, 0) is 31.4 Å². The number of carbonyl (C=O) groups excluding carboxylic acids is 1. The number of rotatable bonds is 6. The zero-order valence-corrected chi connectivity index (χ0v) is 9.44. The van der Waals surface area contributed by atoms with Crippen molar-refractivity contribution in [3.8, 4) is 0 Å². The second kappa shape index (κ2) is 7.12. The van der Waals surface area contributed by atoms with Crippen LogP contribution in [-0.2, 0) is 4.79 Å². The number of thioether (sulfide) groups is 1. The van der Waals surface area contributed by atoms with Crippen LogP contribution in [0.25, 0.3) is 0 Å². The molecule has 1 saturated carbocycles. The van der Waals surface area contributed by atoms with Gasteiger partial charge in [-0.2, -0.15) is 11.8 Å². The summed E-state index contributed by atoms with van der Waals surface area (Å²) in [6.07, 6.45) is 8.28. The maximum absolute atomic E-state index is 10.8. The van der Waals surface area contributed by atoms with E-state index in [1.54, 1.807) is 0 Å². The summed E-state index contributed by atoms with van der Waals surface area (Å²) in [5, 5.41) is 0.901. The third-order valence-electron chi connectivity index (χ3n) is 2.61. The molecule has 0 heterocycles. The second-order valence-electron chi connectivity index (χ2n) is 3.80. The Morgan fingerprint density at radius 2 is 2.07 bits per heavy atom. The van der Waals surface area contributed by atoms with Crippen LogP contribution in [-0.4, -0.2) is 16.9 Å². The van der Waals surface area contributed by atoms with E-state index in [-0.39, 0.29) is 5.91 Å². The number of unbranched alkanes of at least 4 members (excludes halogenated alkanes) is 1. The Labute approximate surface area is 90.2 Å². The van der Waals surface area contributed by atoms with Crippen LogP contribution in [0.5, 0.6) is 0 Å². The highest BCUT2D eigenvalue weighted by atomic mass is 32.2. The Balaban J connectivity index is 1.86. The molecule has 0 bridgehead atoms. The molecule has 3 N–H and O–H groups in total. The summed E-state index contributed by atoms with van der Waals surface area (Å²) >= 11 is 2.08. The van der Waals surface area contributed by atoms with Crippen LogP contribution in [0.1, 0.15) is 44.9 Å². The van der Waals surface area contributed by atoms with Gasteiger partial charge in [0, 0.05) is 11.7 Å². The van der Waals surface area contributed by atoms with Gasteiger partial charge in [0.15, 0.2) is 0 Å². The summed E-state index contributed by atoms with van der Waals surface area (Å²) in [4.78, 5) is 10.8. The number of nitrogens with one attached hydrogen (secondary N) is 1. The highest BCUT2D eigenvalue weighted by Gasteiger charge is 2.14. The Hall–Kier alpha value is -0.220. The number of hydrazine groups is 1. The first kappa shape index (κ1) is 11.9. The van der Waals surface area contributed by atoms with E-state index in [2.05, 4.69) is 17.2 Å². The van der Waals surface area contributed by atoms with Crippen LogP contribution in [0.2, 0.25) is 0 Å². The molecule has 3 nitrogen and oxygen atoms in total. The largest absolute Gasteiger partial charge is 0.294 e. The smallest absolute Gasteiger partial charge is 0.233 e. The third kappa shape index (κ3) is 4.86. The molecule has 0 aromatic carbocycles. The molecule has 82 valence electrons. The van der Waals surface area contributed by atoms with E-state index in [1.165, 1.54) is 31.4 Å². The summed E-state index contributed by atoms with van der Waals surface area (Å²) in [5.74, 6) is 6.13. The van der Waals surface area contributed by atoms with Crippen molar-refractivity contribution in [3.63, 3.8) is 0 Å². The van der Waals surface area contributed by atoms with Crippen LogP contribution >= 0.6 is 11.8 Å². The predicted octanol–water partition coefficient (Wildman–Crippen LogP) is 1.82. The average molecular weight is 216 g/mol. The maximum atomic E-state index is 10.8. The fourth-order valence-corrected chi connectivity index (χ4v) is 3.14. The molecule has 0 aromatic rings. The van der Waals surface area contributed by atoms with Crippen LogP contribution in [0.3, 0.4) is 0 Å². The second-order valence-corrected chi connectivity index (χ2v) is 5.21.